The van der Waals surface area contributed by atoms with Crippen LogP contribution in [-0.4, -0.2) is 34.9 Å². The first-order valence-electron chi connectivity index (χ1n) is 11.4. The minimum atomic E-state index is -0.110. The smallest absolute Gasteiger partial charge is 0.262 e. The number of hydrogen-bond donors (Lipinski definition) is 1. The van der Waals surface area contributed by atoms with Crippen LogP contribution in [0.1, 0.15) is 57.1 Å². The maximum atomic E-state index is 13.1. The van der Waals surface area contributed by atoms with Crippen LogP contribution in [-0.2, 0) is 16.1 Å². The predicted octanol–water partition coefficient (Wildman–Crippen LogP) is 5.41. The van der Waals surface area contributed by atoms with Gasteiger partial charge in [0.15, 0.2) is 5.16 Å². The molecule has 0 unspecified atom stereocenters. The number of methoxy groups -OCH3 is 1. The summed E-state index contributed by atoms with van der Waals surface area (Å²) in [4.78, 5) is 30.8. The summed E-state index contributed by atoms with van der Waals surface area (Å²) in [6.45, 7) is 9.54. The van der Waals surface area contributed by atoms with Gasteiger partial charge < -0.3 is 10.1 Å². The Balaban J connectivity index is 1.85. The van der Waals surface area contributed by atoms with Crippen LogP contribution in [0, 0.1) is 0 Å². The standard InChI is InChI=1S/C26H33N3O3S/c1-17(2)19-11-8-12-20(18(3)4)24(19)28-23(30)16-33-26-27-22-13-7-6-10-21(22)25(31)29(26)14-9-15-32-5/h6-8,10-13,17-18H,9,14-16H2,1-5H3,(H,28,30). The van der Waals surface area contributed by atoms with Crippen LogP contribution in [0.5, 0.6) is 0 Å². The van der Waals surface area contributed by atoms with E-state index in [1.165, 1.54) is 11.8 Å². The highest BCUT2D eigenvalue weighted by atomic mass is 32.2. The van der Waals surface area contributed by atoms with Crippen LogP contribution in [0.4, 0.5) is 5.69 Å². The molecule has 1 heterocycles. The number of nitrogens with zero attached hydrogens (tertiary/aromatic N) is 2. The van der Waals surface area contributed by atoms with Crippen molar-refractivity contribution in [3.8, 4) is 0 Å². The lowest BCUT2D eigenvalue weighted by Gasteiger charge is -2.20. The van der Waals surface area contributed by atoms with E-state index in [4.69, 9.17) is 9.72 Å². The quantitative estimate of drug-likeness (QED) is 0.245. The third kappa shape index (κ3) is 6.03. The van der Waals surface area contributed by atoms with Gasteiger partial charge in [0.2, 0.25) is 5.91 Å². The van der Waals surface area contributed by atoms with E-state index in [2.05, 4.69) is 45.1 Å². The van der Waals surface area contributed by atoms with E-state index in [1.807, 2.05) is 24.3 Å². The van der Waals surface area contributed by atoms with Crippen LogP contribution in [0.3, 0.4) is 0 Å². The average Bonchev–Trinajstić information content (AvgIpc) is 2.79. The molecule has 0 radical (unpaired) electrons. The summed E-state index contributed by atoms with van der Waals surface area (Å²) in [5.41, 5.74) is 3.70. The van der Waals surface area contributed by atoms with E-state index in [9.17, 15) is 9.59 Å². The van der Waals surface area contributed by atoms with Crippen molar-refractivity contribution in [1.82, 2.24) is 9.55 Å². The van der Waals surface area contributed by atoms with Crippen molar-refractivity contribution < 1.29 is 9.53 Å². The number of ether oxygens (including phenoxy) is 1. The van der Waals surface area contributed by atoms with E-state index >= 15 is 0 Å². The first-order chi connectivity index (χ1) is 15.8. The van der Waals surface area contributed by atoms with Gasteiger partial charge in [-0.2, -0.15) is 0 Å². The normalized spacial score (nSPS) is 11.5. The summed E-state index contributed by atoms with van der Waals surface area (Å²) in [6.07, 6.45) is 0.690. The molecule has 0 aliphatic heterocycles. The van der Waals surface area contributed by atoms with Gasteiger partial charge in [0, 0.05) is 25.9 Å². The molecular weight excluding hydrogens is 434 g/mol. The summed E-state index contributed by atoms with van der Waals surface area (Å²) < 4.78 is 6.80. The third-order valence-corrected chi connectivity index (χ3v) is 6.50. The topological polar surface area (TPSA) is 73.2 Å². The Bertz CT molecular complexity index is 1140. The van der Waals surface area contributed by atoms with E-state index in [1.54, 1.807) is 17.7 Å². The monoisotopic (exact) mass is 467 g/mol. The second-order valence-electron chi connectivity index (χ2n) is 8.67. The van der Waals surface area contributed by atoms with Crippen molar-refractivity contribution in [3.05, 3.63) is 63.9 Å². The van der Waals surface area contributed by atoms with E-state index in [-0.39, 0.29) is 17.2 Å². The number of anilines is 1. The molecule has 33 heavy (non-hydrogen) atoms. The SMILES string of the molecule is COCCCn1c(SCC(=O)Nc2c(C(C)C)cccc2C(C)C)nc2ccccc2c1=O. The van der Waals surface area contributed by atoms with Crippen molar-refractivity contribution in [2.24, 2.45) is 0 Å². The van der Waals surface area contributed by atoms with Crippen LogP contribution >= 0.6 is 11.8 Å². The van der Waals surface area contributed by atoms with Crippen molar-refractivity contribution in [2.45, 2.75) is 57.7 Å². The summed E-state index contributed by atoms with van der Waals surface area (Å²) >= 11 is 1.29. The number of carbonyl (C=O) groups excluding carboxylic acids is 1. The molecule has 1 aromatic heterocycles. The second kappa shape index (κ2) is 11.5. The average molecular weight is 468 g/mol. The number of fused-ring (bicyclic) bond motifs is 1. The predicted molar refractivity (Wildman–Crippen MR) is 136 cm³/mol. The summed E-state index contributed by atoms with van der Waals surface area (Å²) in [5, 5.41) is 4.27. The van der Waals surface area contributed by atoms with Crippen molar-refractivity contribution in [1.29, 1.82) is 0 Å². The van der Waals surface area contributed by atoms with Gasteiger partial charge in [0.05, 0.1) is 16.7 Å². The molecular formula is C26H33N3O3S. The maximum absolute atomic E-state index is 13.1. The van der Waals surface area contributed by atoms with Gasteiger partial charge in [-0.25, -0.2) is 4.98 Å². The van der Waals surface area contributed by atoms with Crippen molar-refractivity contribution >= 4 is 34.3 Å². The highest BCUT2D eigenvalue weighted by Gasteiger charge is 2.17. The fourth-order valence-corrected chi connectivity index (χ4v) is 4.65. The number of thioether (sulfide) groups is 1. The van der Waals surface area contributed by atoms with Crippen molar-refractivity contribution in [3.63, 3.8) is 0 Å². The van der Waals surface area contributed by atoms with Gasteiger partial charge in [-0.05, 0) is 41.5 Å². The molecule has 0 spiro atoms. The number of aromatic nitrogens is 2. The number of rotatable bonds is 10. The third-order valence-electron chi connectivity index (χ3n) is 5.53. The van der Waals surface area contributed by atoms with Gasteiger partial charge >= 0.3 is 0 Å². The lowest BCUT2D eigenvalue weighted by Crippen LogP contribution is -2.25. The van der Waals surface area contributed by atoms with Gasteiger partial charge in [-0.3, -0.25) is 14.2 Å². The van der Waals surface area contributed by atoms with Gasteiger partial charge in [-0.15, -0.1) is 0 Å². The number of nitrogens with one attached hydrogen (secondary N) is 1. The molecule has 0 saturated heterocycles. The molecule has 0 aliphatic rings. The first kappa shape index (κ1) is 25.0. The lowest BCUT2D eigenvalue weighted by atomic mass is 9.92. The molecule has 0 bridgehead atoms. The summed E-state index contributed by atoms with van der Waals surface area (Å²) in [6, 6.07) is 13.5. The largest absolute Gasteiger partial charge is 0.385 e. The summed E-state index contributed by atoms with van der Waals surface area (Å²) in [5.74, 6) is 0.638. The van der Waals surface area contributed by atoms with Crippen LogP contribution in [0.25, 0.3) is 10.9 Å². The highest BCUT2D eigenvalue weighted by Crippen LogP contribution is 2.32. The van der Waals surface area contributed by atoms with Gasteiger partial charge in [-0.1, -0.05) is 69.8 Å². The lowest BCUT2D eigenvalue weighted by molar-refractivity contribution is -0.113. The second-order valence-corrected chi connectivity index (χ2v) is 9.61. The Morgan fingerprint density at radius 1 is 1.06 bits per heavy atom. The molecule has 1 amide bonds. The minimum Gasteiger partial charge on any atom is -0.385 e. The Kier molecular flexibility index (Phi) is 8.69. The number of amides is 1. The van der Waals surface area contributed by atoms with Crippen LogP contribution in [0.15, 0.2) is 52.4 Å². The Morgan fingerprint density at radius 3 is 2.36 bits per heavy atom. The molecule has 6 nitrogen and oxygen atoms in total. The molecule has 176 valence electrons. The number of para-hydroxylation sites is 2. The van der Waals surface area contributed by atoms with Crippen molar-refractivity contribution in [2.75, 3.05) is 24.8 Å². The van der Waals surface area contributed by atoms with Crippen LogP contribution < -0.4 is 10.9 Å². The summed E-state index contributed by atoms with van der Waals surface area (Å²) in [7, 11) is 1.64. The van der Waals surface area contributed by atoms with E-state index in [0.717, 1.165) is 16.8 Å². The Hall–Kier alpha value is -2.64. The molecule has 3 rings (SSSR count). The molecule has 0 saturated carbocycles. The maximum Gasteiger partial charge on any atom is 0.262 e. The van der Waals surface area contributed by atoms with Crippen LogP contribution in [0.2, 0.25) is 0 Å². The molecule has 0 fully saturated rings. The molecule has 7 heteroatoms. The van der Waals surface area contributed by atoms with E-state index in [0.29, 0.717) is 47.5 Å². The zero-order chi connectivity index (χ0) is 24.0. The van der Waals surface area contributed by atoms with Gasteiger partial charge in [0.25, 0.3) is 5.56 Å². The number of hydrogen-bond acceptors (Lipinski definition) is 5. The Morgan fingerprint density at radius 2 is 1.73 bits per heavy atom. The number of carbonyl (C=O) groups is 1. The molecule has 0 aliphatic carbocycles. The molecule has 0 atom stereocenters. The highest BCUT2D eigenvalue weighted by molar-refractivity contribution is 7.99. The zero-order valence-corrected chi connectivity index (χ0v) is 20.9. The minimum absolute atomic E-state index is 0.0909. The molecule has 2 aromatic carbocycles. The van der Waals surface area contributed by atoms with E-state index < -0.39 is 0 Å². The van der Waals surface area contributed by atoms with Gasteiger partial charge in [0.1, 0.15) is 0 Å². The number of benzene rings is 2. The fourth-order valence-electron chi connectivity index (χ4n) is 3.82. The first-order valence-corrected chi connectivity index (χ1v) is 12.4. The Labute approximate surface area is 199 Å². The zero-order valence-electron chi connectivity index (χ0n) is 20.1. The fraction of sp³-hybridized carbons (Fsp3) is 0.423. The molecule has 1 N–H and O–H groups in total. The molecule has 3 aromatic rings.